The predicted octanol–water partition coefficient (Wildman–Crippen LogP) is 2.87. The normalized spacial score (nSPS) is 11.7. The molecule has 1 rings (SSSR count). The Morgan fingerprint density at radius 2 is 1.80 bits per heavy atom. The van der Waals surface area contributed by atoms with Crippen LogP contribution < -0.4 is 5.73 Å². The van der Waals surface area contributed by atoms with Crippen molar-refractivity contribution < 1.29 is 4.39 Å². The van der Waals surface area contributed by atoms with Crippen molar-refractivity contribution in [1.29, 1.82) is 0 Å². The number of rotatable bonds is 5. The fourth-order valence-corrected chi connectivity index (χ4v) is 1.72. The lowest BCUT2D eigenvalue weighted by Gasteiger charge is -2.16. The molecule has 1 aromatic carbocycles. The first-order valence-electron chi connectivity index (χ1n) is 5.49. The molecule has 1 aromatic rings. The molecular formula is C13H20FN. The van der Waals surface area contributed by atoms with Gasteiger partial charge in [-0.1, -0.05) is 24.3 Å². The summed E-state index contributed by atoms with van der Waals surface area (Å²) in [6, 6.07) is 8.04. The fraction of sp³-hybridized carbons (Fsp3) is 0.538. The van der Waals surface area contributed by atoms with Crippen LogP contribution >= 0.6 is 0 Å². The highest BCUT2D eigenvalue weighted by atomic mass is 19.1. The monoisotopic (exact) mass is 209 g/mol. The van der Waals surface area contributed by atoms with Crippen molar-refractivity contribution in [3.8, 4) is 0 Å². The molecule has 84 valence electrons. The third-order valence-electron chi connectivity index (χ3n) is 2.38. The SMILES string of the molecule is CC(C)(F)Cc1ccccc1CCCN. The Morgan fingerprint density at radius 1 is 1.20 bits per heavy atom. The maximum Gasteiger partial charge on any atom is 0.109 e. The zero-order chi connectivity index (χ0) is 11.3. The van der Waals surface area contributed by atoms with Crippen LogP contribution in [-0.4, -0.2) is 12.2 Å². The molecule has 0 aliphatic carbocycles. The first-order chi connectivity index (χ1) is 7.03. The second kappa shape index (κ2) is 5.26. The van der Waals surface area contributed by atoms with E-state index in [1.807, 2.05) is 18.2 Å². The van der Waals surface area contributed by atoms with Crippen molar-refractivity contribution >= 4 is 0 Å². The van der Waals surface area contributed by atoms with E-state index in [-0.39, 0.29) is 0 Å². The smallest absolute Gasteiger partial charge is 0.109 e. The van der Waals surface area contributed by atoms with Crippen LogP contribution in [0.25, 0.3) is 0 Å². The third-order valence-corrected chi connectivity index (χ3v) is 2.38. The quantitative estimate of drug-likeness (QED) is 0.793. The van der Waals surface area contributed by atoms with Gasteiger partial charge in [0.05, 0.1) is 0 Å². The molecule has 0 radical (unpaired) electrons. The first kappa shape index (κ1) is 12.2. The summed E-state index contributed by atoms with van der Waals surface area (Å²) in [6.45, 7) is 3.92. The van der Waals surface area contributed by atoms with E-state index in [2.05, 4.69) is 6.07 Å². The number of benzene rings is 1. The molecule has 1 nitrogen and oxygen atoms in total. The molecule has 0 spiro atoms. The molecule has 2 N–H and O–H groups in total. The van der Waals surface area contributed by atoms with E-state index in [0.717, 1.165) is 18.4 Å². The highest BCUT2D eigenvalue weighted by Crippen LogP contribution is 2.20. The Labute approximate surface area is 91.5 Å². The van der Waals surface area contributed by atoms with Crippen molar-refractivity contribution in [2.45, 2.75) is 38.8 Å². The summed E-state index contributed by atoms with van der Waals surface area (Å²) in [5, 5.41) is 0. The molecule has 0 amide bonds. The predicted molar refractivity (Wildman–Crippen MR) is 62.7 cm³/mol. The minimum atomic E-state index is -1.14. The maximum atomic E-state index is 13.6. The van der Waals surface area contributed by atoms with Gasteiger partial charge >= 0.3 is 0 Å². The van der Waals surface area contributed by atoms with Gasteiger partial charge in [-0.25, -0.2) is 4.39 Å². The van der Waals surface area contributed by atoms with Gasteiger partial charge in [-0.05, 0) is 44.4 Å². The molecule has 0 heterocycles. The molecule has 0 bridgehead atoms. The highest BCUT2D eigenvalue weighted by Gasteiger charge is 2.17. The van der Waals surface area contributed by atoms with E-state index >= 15 is 0 Å². The fourth-order valence-electron chi connectivity index (χ4n) is 1.72. The van der Waals surface area contributed by atoms with E-state index in [4.69, 9.17) is 5.73 Å². The Bertz CT molecular complexity index is 302. The minimum absolute atomic E-state index is 0.480. The highest BCUT2D eigenvalue weighted by molar-refractivity contribution is 5.28. The summed E-state index contributed by atoms with van der Waals surface area (Å²) < 4.78 is 13.6. The lowest BCUT2D eigenvalue weighted by molar-refractivity contribution is 0.216. The first-order valence-corrected chi connectivity index (χ1v) is 5.49. The number of aryl methyl sites for hydroxylation is 1. The van der Waals surface area contributed by atoms with Crippen molar-refractivity contribution in [3.05, 3.63) is 35.4 Å². The van der Waals surface area contributed by atoms with Crippen LogP contribution in [0.5, 0.6) is 0 Å². The van der Waals surface area contributed by atoms with Crippen LogP contribution in [0.4, 0.5) is 4.39 Å². The van der Waals surface area contributed by atoms with Crippen molar-refractivity contribution in [3.63, 3.8) is 0 Å². The van der Waals surface area contributed by atoms with Crippen LogP contribution in [0.1, 0.15) is 31.4 Å². The summed E-state index contributed by atoms with van der Waals surface area (Å²) in [5.41, 5.74) is 6.68. The van der Waals surface area contributed by atoms with E-state index < -0.39 is 5.67 Å². The van der Waals surface area contributed by atoms with E-state index in [1.54, 1.807) is 13.8 Å². The Morgan fingerprint density at radius 3 is 2.33 bits per heavy atom. The summed E-state index contributed by atoms with van der Waals surface area (Å²) in [5.74, 6) is 0. The molecular weight excluding hydrogens is 189 g/mol. The van der Waals surface area contributed by atoms with E-state index in [0.29, 0.717) is 13.0 Å². The van der Waals surface area contributed by atoms with Crippen LogP contribution in [0, 0.1) is 0 Å². The van der Waals surface area contributed by atoms with Gasteiger partial charge in [0.1, 0.15) is 5.67 Å². The summed E-state index contributed by atoms with van der Waals surface area (Å²) in [6.07, 6.45) is 2.39. The summed E-state index contributed by atoms with van der Waals surface area (Å²) in [7, 11) is 0. The Hall–Kier alpha value is -0.890. The van der Waals surface area contributed by atoms with Crippen LogP contribution in [0.15, 0.2) is 24.3 Å². The van der Waals surface area contributed by atoms with Gasteiger partial charge in [0.25, 0.3) is 0 Å². The van der Waals surface area contributed by atoms with Gasteiger partial charge < -0.3 is 5.73 Å². The molecule has 2 heteroatoms. The van der Waals surface area contributed by atoms with Crippen molar-refractivity contribution in [2.75, 3.05) is 6.54 Å². The molecule has 0 atom stereocenters. The molecule has 0 unspecified atom stereocenters. The number of alkyl halides is 1. The Balaban J connectivity index is 2.77. The second-order valence-corrected chi connectivity index (χ2v) is 4.56. The van der Waals surface area contributed by atoms with Gasteiger partial charge in [-0.3, -0.25) is 0 Å². The summed E-state index contributed by atoms with van der Waals surface area (Å²) in [4.78, 5) is 0. The number of hydrogen-bond acceptors (Lipinski definition) is 1. The zero-order valence-electron chi connectivity index (χ0n) is 9.59. The number of halogens is 1. The van der Waals surface area contributed by atoms with Gasteiger partial charge in [-0.15, -0.1) is 0 Å². The van der Waals surface area contributed by atoms with Crippen LogP contribution in [0.2, 0.25) is 0 Å². The number of nitrogens with two attached hydrogens (primary N) is 1. The largest absolute Gasteiger partial charge is 0.330 e. The Kier molecular flexibility index (Phi) is 4.28. The molecule has 0 saturated carbocycles. The van der Waals surface area contributed by atoms with Gasteiger partial charge in [-0.2, -0.15) is 0 Å². The molecule has 0 aromatic heterocycles. The second-order valence-electron chi connectivity index (χ2n) is 4.56. The average Bonchev–Trinajstić information content (AvgIpc) is 2.14. The van der Waals surface area contributed by atoms with Crippen molar-refractivity contribution in [1.82, 2.24) is 0 Å². The van der Waals surface area contributed by atoms with Gasteiger partial charge in [0, 0.05) is 6.42 Å². The lowest BCUT2D eigenvalue weighted by atomic mass is 9.94. The number of hydrogen-bond donors (Lipinski definition) is 1. The molecule has 15 heavy (non-hydrogen) atoms. The zero-order valence-corrected chi connectivity index (χ0v) is 9.59. The van der Waals surface area contributed by atoms with E-state index in [9.17, 15) is 4.39 Å². The molecule has 0 aliphatic heterocycles. The standard InChI is InChI=1S/C13H20FN/c1-13(2,14)10-12-7-4-3-6-11(12)8-5-9-15/h3-4,6-7H,5,8-10,15H2,1-2H3. The minimum Gasteiger partial charge on any atom is -0.330 e. The maximum absolute atomic E-state index is 13.6. The lowest BCUT2D eigenvalue weighted by Crippen LogP contribution is -2.17. The third kappa shape index (κ3) is 4.43. The van der Waals surface area contributed by atoms with Gasteiger partial charge in [0.2, 0.25) is 0 Å². The average molecular weight is 209 g/mol. The van der Waals surface area contributed by atoms with Crippen molar-refractivity contribution in [2.24, 2.45) is 5.73 Å². The van der Waals surface area contributed by atoms with E-state index in [1.165, 1.54) is 5.56 Å². The molecule has 0 aliphatic rings. The van der Waals surface area contributed by atoms with Gasteiger partial charge in [0.15, 0.2) is 0 Å². The summed E-state index contributed by atoms with van der Waals surface area (Å²) >= 11 is 0. The van der Waals surface area contributed by atoms with Crippen LogP contribution in [-0.2, 0) is 12.8 Å². The van der Waals surface area contributed by atoms with Crippen LogP contribution in [0.3, 0.4) is 0 Å². The molecule has 0 fully saturated rings. The molecule has 0 saturated heterocycles. The topological polar surface area (TPSA) is 26.0 Å².